The first kappa shape index (κ1) is 14.0. The van der Waals surface area contributed by atoms with Crippen molar-refractivity contribution in [2.75, 3.05) is 12.8 Å². The minimum absolute atomic E-state index is 0.0205. The highest BCUT2D eigenvalue weighted by molar-refractivity contribution is 8.01. The molecule has 5 nitrogen and oxygen atoms in total. The average molecular weight is 274 g/mol. The molecule has 1 amide bonds. The largest absolute Gasteiger partial charge is 0.477 e. The molecule has 0 unspecified atom stereocenters. The molecule has 0 fully saturated rings. The Balaban J connectivity index is 2.40. The van der Waals surface area contributed by atoms with Crippen molar-refractivity contribution in [2.45, 2.75) is 24.1 Å². The Morgan fingerprint density at radius 2 is 2.24 bits per heavy atom. The molecule has 94 valence electrons. The van der Waals surface area contributed by atoms with Crippen molar-refractivity contribution in [3.63, 3.8) is 0 Å². The number of hydrogen-bond donors (Lipinski definition) is 2. The number of thioether (sulfide) groups is 1. The van der Waals surface area contributed by atoms with Crippen molar-refractivity contribution in [2.24, 2.45) is 0 Å². The maximum absolute atomic E-state index is 11.0. The summed E-state index contributed by atoms with van der Waals surface area (Å²) in [4.78, 5) is 26.2. The van der Waals surface area contributed by atoms with Gasteiger partial charge < -0.3 is 10.4 Å². The Kier molecular flexibility index (Phi) is 5.43. The second-order valence-electron chi connectivity index (χ2n) is 3.32. The van der Waals surface area contributed by atoms with E-state index >= 15 is 0 Å². The number of aromatic carboxylic acids is 1. The van der Waals surface area contributed by atoms with Crippen molar-refractivity contribution in [1.82, 2.24) is 10.3 Å². The van der Waals surface area contributed by atoms with Crippen LogP contribution in [0.15, 0.2) is 4.34 Å². The van der Waals surface area contributed by atoms with E-state index in [4.69, 9.17) is 5.11 Å². The lowest BCUT2D eigenvalue weighted by atomic mass is 10.3. The van der Waals surface area contributed by atoms with E-state index in [2.05, 4.69) is 10.3 Å². The number of thiazole rings is 1. The third-order valence-corrected chi connectivity index (χ3v) is 4.40. The second-order valence-corrected chi connectivity index (χ2v) is 5.67. The minimum Gasteiger partial charge on any atom is -0.477 e. The van der Waals surface area contributed by atoms with Crippen molar-refractivity contribution in [1.29, 1.82) is 0 Å². The maximum atomic E-state index is 11.0. The lowest BCUT2D eigenvalue weighted by molar-refractivity contribution is -0.120. The van der Waals surface area contributed by atoms with Crippen LogP contribution in [0.1, 0.15) is 28.2 Å². The topological polar surface area (TPSA) is 79.3 Å². The molecule has 0 bridgehead atoms. The Hall–Kier alpha value is -1.08. The summed E-state index contributed by atoms with van der Waals surface area (Å²) >= 11 is 2.67. The van der Waals surface area contributed by atoms with E-state index in [1.54, 1.807) is 14.0 Å². The zero-order chi connectivity index (χ0) is 12.8. The number of carboxylic acid groups (broad SMARTS) is 1. The summed E-state index contributed by atoms with van der Waals surface area (Å²) in [6, 6.07) is 0. The molecule has 0 aliphatic rings. The van der Waals surface area contributed by atoms with E-state index in [-0.39, 0.29) is 5.91 Å². The van der Waals surface area contributed by atoms with Gasteiger partial charge in [0, 0.05) is 19.2 Å². The third-order valence-electron chi connectivity index (χ3n) is 2.02. The van der Waals surface area contributed by atoms with Gasteiger partial charge in [0.1, 0.15) is 4.88 Å². The molecule has 1 rings (SSSR count). The molecule has 0 spiro atoms. The highest BCUT2D eigenvalue weighted by Gasteiger charge is 2.13. The molecule has 17 heavy (non-hydrogen) atoms. The van der Waals surface area contributed by atoms with E-state index in [1.165, 1.54) is 23.1 Å². The number of nitrogens with one attached hydrogen (secondary N) is 1. The normalized spacial score (nSPS) is 10.2. The number of nitrogens with zero attached hydrogens (tertiary/aromatic N) is 1. The van der Waals surface area contributed by atoms with Crippen LogP contribution in [0.2, 0.25) is 0 Å². The fourth-order valence-electron chi connectivity index (χ4n) is 1.15. The van der Waals surface area contributed by atoms with Crippen LogP contribution in [-0.4, -0.2) is 34.8 Å². The van der Waals surface area contributed by atoms with Crippen molar-refractivity contribution >= 4 is 35.0 Å². The molecular weight excluding hydrogens is 260 g/mol. The van der Waals surface area contributed by atoms with Gasteiger partial charge in [0.25, 0.3) is 0 Å². The molecule has 0 atom stereocenters. The van der Waals surface area contributed by atoms with E-state index in [0.29, 0.717) is 17.0 Å². The summed E-state index contributed by atoms with van der Waals surface area (Å²) in [5.41, 5.74) is 0.552. The van der Waals surface area contributed by atoms with Crippen LogP contribution in [0, 0.1) is 6.92 Å². The van der Waals surface area contributed by atoms with Crippen LogP contribution in [0.3, 0.4) is 0 Å². The van der Waals surface area contributed by atoms with Crippen molar-refractivity contribution in [3.8, 4) is 0 Å². The zero-order valence-corrected chi connectivity index (χ0v) is 11.3. The summed E-state index contributed by atoms with van der Waals surface area (Å²) in [7, 11) is 1.61. The van der Waals surface area contributed by atoms with Crippen molar-refractivity contribution in [3.05, 3.63) is 10.6 Å². The van der Waals surface area contributed by atoms with E-state index in [9.17, 15) is 9.59 Å². The first-order valence-electron chi connectivity index (χ1n) is 5.08. The summed E-state index contributed by atoms with van der Waals surface area (Å²) in [5.74, 6) is -0.149. The number of aromatic nitrogens is 1. The number of amides is 1. The quantitative estimate of drug-likeness (QED) is 0.610. The number of rotatable bonds is 6. The molecule has 2 N–H and O–H groups in total. The Morgan fingerprint density at radius 1 is 1.53 bits per heavy atom. The van der Waals surface area contributed by atoms with Gasteiger partial charge in [0.15, 0.2) is 4.34 Å². The first-order valence-corrected chi connectivity index (χ1v) is 6.89. The molecule has 0 saturated heterocycles. The van der Waals surface area contributed by atoms with Gasteiger partial charge in [-0.15, -0.1) is 11.3 Å². The number of aryl methyl sites for hydroxylation is 1. The molecule has 7 heteroatoms. The van der Waals surface area contributed by atoms with Gasteiger partial charge in [-0.1, -0.05) is 11.8 Å². The Morgan fingerprint density at radius 3 is 2.76 bits per heavy atom. The molecule has 1 heterocycles. The molecule has 0 aromatic carbocycles. The second kappa shape index (κ2) is 6.61. The molecule has 0 aliphatic heterocycles. The first-order chi connectivity index (χ1) is 8.04. The van der Waals surface area contributed by atoms with Gasteiger partial charge in [0.05, 0.1) is 5.69 Å². The monoisotopic (exact) mass is 274 g/mol. The van der Waals surface area contributed by atoms with Gasteiger partial charge in [-0.25, -0.2) is 9.78 Å². The smallest absolute Gasteiger partial charge is 0.347 e. The highest BCUT2D eigenvalue weighted by Crippen LogP contribution is 2.27. The number of hydrogen-bond acceptors (Lipinski definition) is 5. The van der Waals surface area contributed by atoms with E-state index in [0.717, 1.165) is 16.5 Å². The van der Waals surface area contributed by atoms with Crippen LogP contribution in [0.4, 0.5) is 0 Å². The predicted molar refractivity (Wildman–Crippen MR) is 67.8 cm³/mol. The molecule has 0 radical (unpaired) electrons. The Labute approximate surface area is 108 Å². The summed E-state index contributed by atoms with van der Waals surface area (Å²) in [6.07, 6.45) is 1.24. The van der Waals surface area contributed by atoms with Gasteiger partial charge in [-0.2, -0.15) is 0 Å². The fraction of sp³-hybridized carbons (Fsp3) is 0.500. The van der Waals surface area contributed by atoms with Crippen LogP contribution < -0.4 is 5.32 Å². The van der Waals surface area contributed by atoms with Crippen molar-refractivity contribution < 1.29 is 14.7 Å². The Bertz CT molecular complexity index is 418. The van der Waals surface area contributed by atoms with Gasteiger partial charge in [-0.05, 0) is 13.3 Å². The van der Waals surface area contributed by atoms with Crippen LogP contribution in [0.25, 0.3) is 0 Å². The summed E-state index contributed by atoms with van der Waals surface area (Å²) < 4.78 is 0.747. The molecule has 0 aliphatic carbocycles. The van der Waals surface area contributed by atoms with E-state index in [1.807, 2.05) is 0 Å². The summed E-state index contributed by atoms with van der Waals surface area (Å²) in [5, 5.41) is 11.4. The summed E-state index contributed by atoms with van der Waals surface area (Å²) in [6.45, 7) is 1.69. The van der Waals surface area contributed by atoms with Gasteiger partial charge in [-0.3, -0.25) is 4.79 Å². The minimum atomic E-state index is -0.933. The number of carbonyl (C=O) groups is 2. The van der Waals surface area contributed by atoms with Gasteiger partial charge >= 0.3 is 5.97 Å². The van der Waals surface area contributed by atoms with Crippen LogP contribution in [0.5, 0.6) is 0 Å². The van der Waals surface area contributed by atoms with Gasteiger partial charge in [0.2, 0.25) is 5.91 Å². The number of carbonyl (C=O) groups excluding carboxylic acids is 1. The standard InChI is InChI=1S/C10H14N2O3S2/c1-6-8(9(14)15)17-10(12-6)16-5-3-4-7(13)11-2/h3-5H2,1-2H3,(H,11,13)(H,14,15). The predicted octanol–water partition coefficient (Wildman–Crippen LogP) is 1.77. The molecular formula is C10H14N2O3S2. The lowest BCUT2D eigenvalue weighted by Crippen LogP contribution is -2.17. The van der Waals surface area contributed by atoms with Crippen LogP contribution in [-0.2, 0) is 4.79 Å². The lowest BCUT2D eigenvalue weighted by Gasteiger charge is -1.98. The SMILES string of the molecule is CNC(=O)CCCSc1nc(C)c(C(=O)O)s1. The zero-order valence-electron chi connectivity index (χ0n) is 9.65. The molecule has 1 aromatic rings. The molecule has 1 aromatic heterocycles. The van der Waals surface area contributed by atoms with E-state index < -0.39 is 5.97 Å². The molecule has 0 saturated carbocycles. The maximum Gasteiger partial charge on any atom is 0.347 e. The average Bonchev–Trinajstić information content (AvgIpc) is 2.65. The third kappa shape index (κ3) is 4.35. The fourth-order valence-corrected chi connectivity index (χ4v) is 3.19. The van der Waals surface area contributed by atoms with Crippen LogP contribution >= 0.6 is 23.1 Å². The number of carboxylic acids is 1. The highest BCUT2D eigenvalue weighted by atomic mass is 32.2.